The highest BCUT2D eigenvalue weighted by Gasteiger charge is 1.99. The van der Waals surface area contributed by atoms with Gasteiger partial charge < -0.3 is 15.8 Å². The van der Waals surface area contributed by atoms with E-state index in [1.165, 1.54) is 0 Å². The van der Waals surface area contributed by atoms with E-state index in [4.69, 9.17) is 10.5 Å². The van der Waals surface area contributed by atoms with E-state index >= 15 is 0 Å². The summed E-state index contributed by atoms with van der Waals surface area (Å²) in [5, 5.41) is 3.31. The lowest BCUT2D eigenvalue weighted by atomic mass is 10.2. The normalized spacial score (nSPS) is 10.1. The summed E-state index contributed by atoms with van der Waals surface area (Å²) in [5.41, 5.74) is 8.51. The minimum atomic E-state index is 0.690. The van der Waals surface area contributed by atoms with Crippen molar-refractivity contribution in [2.24, 2.45) is 0 Å². The van der Waals surface area contributed by atoms with Gasteiger partial charge in [0.2, 0.25) is 0 Å². The smallest absolute Gasteiger partial charge is 0.122 e. The van der Waals surface area contributed by atoms with Crippen molar-refractivity contribution in [3.05, 3.63) is 48.3 Å². The molecule has 0 radical (unpaired) electrons. The Morgan fingerprint density at radius 1 is 1.28 bits per heavy atom. The zero-order chi connectivity index (χ0) is 12.8. The van der Waals surface area contributed by atoms with Gasteiger partial charge in [0.05, 0.1) is 7.11 Å². The molecule has 0 saturated heterocycles. The number of nitrogen functional groups attached to an aromatic ring is 1. The third-order valence-corrected chi connectivity index (χ3v) is 2.60. The predicted octanol–water partition coefficient (Wildman–Crippen LogP) is 2.33. The summed E-state index contributed by atoms with van der Waals surface area (Å²) >= 11 is 0. The van der Waals surface area contributed by atoms with Crippen LogP contribution >= 0.6 is 0 Å². The van der Waals surface area contributed by atoms with Crippen LogP contribution in [0.15, 0.2) is 42.6 Å². The third kappa shape index (κ3) is 3.38. The summed E-state index contributed by atoms with van der Waals surface area (Å²) in [6.07, 6.45) is 2.68. The number of benzene rings is 1. The molecule has 1 heterocycles. The van der Waals surface area contributed by atoms with Crippen LogP contribution in [0.5, 0.6) is 5.75 Å². The Kier molecular flexibility index (Phi) is 4.02. The van der Waals surface area contributed by atoms with E-state index in [0.29, 0.717) is 5.69 Å². The maximum atomic E-state index is 5.79. The van der Waals surface area contributed by atoms with Crippen LogP contribution in [-0.4, -0.2) is 18.6 Å². The van der Waals surface area contributed by atoms with Crippen molar-refractivity contribution in [3.63, 3.8) is 0 Å². The molecule has 0 bridgehead atoms. The molecule has 0 aliphatic heterocycles. The van der Waals surface area contributed by atoms with Crippen molar-refractivity contribution < 1.29 is 4.74 Å². The van der Waals surface area contributed by atoms with Crippen molar-refractivity contribution in [3.8, 4) is 5.75 Å². The lowest BCUT2D eigenvalue weighted by Gasteiger charge is -2.09. The van der Waals surface area contributed by atoms with Gasteiger partial charge in [0.25, 0.3) is 0 Å². The number of rotatable bonds is 5. The Morgan fingerprint density at radius 3 is 2.89 bits per heavy atom. The average Bonchev–Trinajstić information content (AvgIpc) is 2.39. The first-order valence-electron chi connectivity index (χ1n) is 5.86. The number of anilines is 2. The minimum absolute atomic E-state index is 0.690. The van der Waals surface area contributed by atoms with Crippen LogP contribution in [0.4, 0.5) is 11.4 Å². The first-order chi connectivity index (χ1) is 8.78. The summed E-state index contributed by atoms with van der Waals surface area (Å²) in [6.45, 7) is 0.809. The highest BCUT2D eigenvalue weighted by atomic mass is 16.5. The molecule has 0 spiro atoms. The van der Waals surface area contributed by atoms with Gasteiger partial charge in [-0.3, -0.25) is 4.98 Å². The highest BCUT2D eigenvalue weighted by Crippen LogP contribution is 2.21. The van der Waals surface area contributed by atoms with Gasteiger partial charge in [0.15, 0.2) is 0 Å². The minimum Gasteiger partial charge on any atom is -0.497 e. The van der Waals surface area contributed by atoms with Crippen LogP contribution in [-0.2, 0) is 6.42 Å². The van der Waals surface area contributed by atoms with E-state index in [9.17, 15) is 0 Å². The van der Waals surface area contributed by atoms with E-state index in [1.54, 1.807) is 19.4 Å². The maximum Gasteiger partial charge on any atom is 0.122 e. The quantitative estimate of drug-likeness (QED) is 0.791. The first kappa shape index (κ1) is 12.2. The van der Waals surface area contributed by atoms with Crippen molar-refractivity contribution >= 4 is 11.4 Å². The van der Waals surface area contributed by atoms with Crippen LogP contribution in [0, 0.1) is 0 Å². The van der Waals surface area contributed by atoms with Gasteiger partial charge in [-0.25, -0.2) is 0 Å². The molecule has 0 amide bonds. The van der Waals surface area contributed by atoms with Gasteiger partial charge in [0, 0.05) is 48.4 Å². The Bertz CT molecular complexity index is 500. The Morgan fingerprint density at radius 2 is 2.17 bits per heavy atom. The molecule has 1 aromatic carbocycles. The van der Waals surface area contributed by atoms with Crippen molar-refractivity contribution in [2.45, 2.75) is 6.42 Å². The lowest BCUT2D eigenvalue weighted by Crippen LogP contribution is -2.06. The van der Waals surface area contributed by atoms with Crippen LogP contribution in [0.2, 0.25) is 0 Å². The Hall–Kier alpha value is -2.23. The highest BCUT2D eigenvalue weighted by molar-refractivity contribution is 5.59. The molecule has 0 atom stereocenters. The topological polar surface area (TPSA) is 60.2 Å². The zero-order valence-corrected chi connectivity index (χ0v) is 10.4. The molecule has 2 rings (SSSR count). The number of ether oxygens (including phenoxy) is 1. The number of hydrogen-bond acceptors (Lipinski definition) is 4. The maximum absolute atomic E-state index is 5.79. The molecule has 0 aliphatic rings. The van der Waals surface area contributed by atoms with E-state index in [2.05, 4.69) is 10.3 Å². The number of hydrogen-bond donors (Lipinski definition) is 2. The van der Waals surface area contributed by atoms with Crippen molar-refractivity contribution in [1.82, 2.24) is 4.98 Å². The number of methoxy groups -OCH3 is 1. The molecule has 0 aliphatic carbocycles. The molecule has 2 aromatic rings. The number of nitrogens with zero attached hydrogens (tertiary/aromatic N) is 1. The van der Waals surface area contributed by atoms with Gasteiger partial charge in [0.1, 0.15) is 5.75 Å². The van der Waals surface area contributed by atoms with E-state index in [0.717, 1.165) is 30.1 Å². The van der Waals surface area contributed by atoms with E-state index in [-0.39, 0.29) is 0 Å². The zero-order valence-electron chi connectivity index (χ0n) is 10.4. The number of nitrogens with one attached hydrogen (secondary N) is 1. The second-order valence-corrected chi connectivity index (χ2v) is 3.99. The van der Waals surface area contributed by atoms with Crippen molar-refractivity contribution in [1.29, 1.82) is 0 Å². The lowest BCUT2D eigenvalue weighted by molar-refractivity contribution is 0.415. The molecular formula is C14H17N3O. The molecular weight excluding hydrogens is 226 g/mol. The molecule has 94 valence electrons. The Balaban J connectivity index is 1.92. The fourth-order valence-electron chi connectivity index (χ4n) is 1.72. The SMILES string of the molecule is COc1cc(N)cc(NCCc2ccccn2)c1. The second-order valence-electron chi connectivity index (χ2n) is 3.99. The number of pyridine rings is 1. The second kappa shape index (κ2) is 5.91. The molecule has 4 nitrogen and oxygen atoms in total. The summed E-state index contributed by atoms with van der Waals surface area (Å²) in [6, 6.07) is 11.5. The van der Waals surface area contributed by atoms with Crippen LogP contribution < -0.4 is 15.8 Å². The van der Waals surface area contributed by atoms with Crippen molar-refractivity contribution in [2.75, 3.05) is 24.7 Å². The summed E-state index contributed by atoms with van der Waals surface area (Å²) in [7, 11) is 1.63. The summed E-state index contributed by atoms with van der Waals surface area (Å²) < 4.78 is 5.17. The fraction of sp³-hybridized carbons (Fsp3) is 0.214. The van der Waals surface area contributed by atoms with E-state index in [1.807, 2.05) is 30.3 Å². The van der Waals surface area contributed by atoms with Gasteiger partial charge in [-0.15, -0.1) is 0 Å². The molecule has 0 saturated carbocycles. The first-order valence-corrected chi connectivity index (χ1v) is 5.86. The number of aromatic nitrogens is 1. The predicted molar refractivity (Wildman–Crippen MR) is 73.8 cm³/mol. The van der Waals surface area contributed by atoms with Gasteiger partial charge in [-0.1, -0.05) is 6.07 Å². The number of nitrogens with two attached hydrogens (primary N) is 1. The summed E-state index contributed by atoms with van der Waals surface area (Å²) in [4.78, 5) is 4.27. The average molecular weight is 243 g/mol. The molecule has 3 N–H and O–H groups in total. The largest absolute Gasteiger partial charge is 0.497 e. The fourth-order valence-corrected chi connectivity index (χ4v) is 1.72. The molecule has 4 heteroatoms. The van der Waals surface area contributed by atoms with Crippen LogP contribution in [0.1, 0.15) is 5.69 Å². The molecule has 0 unspecified atom stereocenters. The standard InChI is InChI=1S/C14H17N3O/c1-18-14-9-11(15)8-13(10-14)17-7-5-12-4-2-3-6-16-12/h2-4,6,8-10,17H,5,7,15H2,1H3. The van der Waals surface area contributed by atoms with E-state index < -0.39 is 0 Å². The monoisotopic (exact) mass is 243 g/mol. The molecule has 18 heavy (non-hydrogen) atoms. The van der Waals surface area contributed by atoms with Crippen LogP contribution in [0.25, 0.3) is 0 Å². The van der Waals surface area contributed by atoms with Gasteiger partial charge in [-0.05, 0) is 18.2 Å². The molecule has 1 aromatic heterocycles. The summed E-state index contributed by atoms with van der Waals surface area (Å²) in [5.74, 6) is 0.760. The molecule has 0 fully saturated rings. The Labute approximate surface area is 107 Å². The van der Waals surface area contributed by atoms with Crippen LogP contribution in [0.3, 0.4) is 0 Å². The van der Waals surface area contributed by atoms with Gasteiger partial charge in [-0.2, -0.15) is 0 Å². The van der Waals surface area contributed by atoms with Gasteiger partial charge >= 0.3 is 0 Å². The third-order valence-electron chi connectivity index (χ3n) is 2.60.